The Labute approximate surface area is 210 Å². The molecule has 1 saturated carbocycles. The van der Waals surface area contributed by atoms with E-state index < -0.39 is 0 Å². The van der Waals surface area contributed by atoms with Gasteiger partial charge in [-0.05, 0) is 53.6 Å². The normalized spacial score (nSPS) is 20.2. The van der Waals surface area contributed by atoms with Gasteiger partial charge in [-0.25, -0.2) is 0 Å². The fourth-order valence-corrected chi connectivity index (χ4v) is 6.02. The predicted molar refractivity (Wildman–Crippen MR) is 147 cm³/mol. The molecule has 3 heteroatoms. The molecule has 0 amide bonds. The van der Waals surface area contributed by atoms with E-state index in [0.717, 1.165) is 19.3 Å². The number of hydrogen-bond acceptors (Lipinski definition) is 3. The maximum atomic E-state index is 4.95. The molecule has 7 rings (SSSR count). The van der Waals surface area contributed by atoms with Gasteiger partial charge in [0, 0.05) is 69.6 Å². The highest BCUT2D eigenvalue weighted by Gasteiger charge is 2.33. The molecular weight excluding hydrogens is 438 g/mol. The molecule has 3 aromatic carbocycles. The van der Waals surface area contributed by atoms with Gasteiger partial charge in [0.25, 0.3) is 0 Å². The molecule has 1 aliphatic rings. The van der Waals surface area contributed by atoms with Crippen LogP contribution >= 0.6 is 0 Å². The van der Waals surface area contributed by atoms with Gasteiger partial charge in [0.1, 0.15) is 0 Å². The quantitative estimate of drug-likeness (QED) is 0.265. The molecular formula is C33H27N3. The van der Waals surface area contributed by atoms with Crippen molar-refractivity contribution in [3.63, 3.8) is 0 Å². The minimum Gasteiger partial charge on any atom is -0.260 e. The minimum atomic E-state index is 0.361. The van der Waals surface area contributed by atoms with E-state index in [2.05, 4.69) is 91.0 Å². The Kier molecular flexibility index (Phi) is 5.20. The van der Waals surface area contributed by atoms with Crippen LogP contribution in [0.15, 0.2) is 110 Å². The average molecular weight is 466 g/mol. The van der Waals surface area contributed by atoms with Gasteiger partial charge < -0.3 is 0 Å². The Hall–Kier alpha value is -4.11. The topological polar surface area (TPSA) is 38.7 Å². The van der Waals surface area contributed by atoms with Gasteiger partial charge >= 0.3 is 0 Å². The first-order valence-corrected chi connectivity index (χ1v) is 12.8. The van der Waals surface area contributed by atoms with Gasteiger partial charge in [-0.2, -0.15) is 0 Å². The first kappa shape index (κ1) is 21.2. The molecule has 0 atom stereocenters. The molecule has 3 aromatic heterocycles. The lowest BCUT2D eigenvalue weighted by atomic mass is 9.71. The molecule has 3 heterocycles. The zero-order chi connectivity index (χ0) is 23.9. The third kappa shape index (κ3) is 3.91. The summed E-state index contributed by atoms with van der Waals surface area (Å²) in [5, 5.41) is 7.35. The van der Waals surface area contributed by atoms with Crippen molar-refractivity contribution in [1.82, 2.24) is 15.0 Å². The Morgan fingerprint density at radius 2 is 0.667 bits per heavy atom. The van der Waals surface area contributed by atoms with E-state index in [1.54, 1.807) is 0 Å². The van der Waals surface area contributed by atoms with E-state index >= 15 is 0 Å². The lowest BCUT2D eigenvalue weighted by Gasteiger charge is -2.34. The van der Waals surface area contributed by atoms with Gasteiger partial charge in [-0.15, -0.1) is 0 Å². The molecule has 1 fully saturated rings. The number of rotatable bonds is 3. The lowest BCUT2D eigenvalue weighted by Crippen LogP contribution is -2.21. The number of hydrogen-bond donors (Lipinski definition) is 0. The SMILES string of the molecule is c1ccc2cc(C3CC(c4cc5ccccc5cn4)CC(c4cc5ccccc5cn4)C3)ncc2c1. The Morgan fingerprint density at radius 3 is 0.972 bits per heavy atom. The minimum absolute atomic E-state index is 0.361. The van der Waals surface area contributed by atoms with E-state index in [0.29, 0.717) is 17.8 Å². The number of benzene rings is 3. The van der Waals surface area contributed by atoms with Crippen molar-refractivity contribution in [3.8, 4) is 0 Å². The van der Waals surface area contributed by atoms with Crippen LogP contribution in [0.25, 0.3) is 32.3 Å². The first-order chi connectivity index (χ1) is 17.8. The van der Waals surface area contributed by atoms with Crippen molar-refractivity contribution >= 4 is 32.3 Å². The van der Waals surface area contributed by atoms with Crippen LogP contribution in [0.3, 0.4) is 0 Å². The van der Waals surface area contributed by atoms with E-state index in [9.17, 15) is 0 Å². The highest BCUT2D eigenvalue weighted by molar-refractivity contribution is 5.83. The van der Waals surface area contributed by atoms with Gasteiger partial charge in [0.05, 0.1) is 0 Å². The molecule has 0 spiro atoms. The zero-order valence-electron chi connectivity index (χ0n) is 20.1. The summed E-state index contributed by atoms with van der Waals surface area (Å²) in [6, 6.07) is 32.4. The lowest BCUT2D eigenvalue weighted by molar-refractivity contribution is 0.339. The highest BCUT2D eigenvalue weighted by atomic mass is 14.7. The van der Waals surface area contributed by atoms with Crippen LogP contribution in [-0.2, 0) is 0 Å². The molecule has 3 nitrogen and oxygen atoms in total. The number of nitrogens with zero attached hydrogens (tertiary/aromatic N) is 3. The first-order valence-electron chi connectivity index (χ1n) is 12.8. The summed E-state index contributed by atoms with van der Waals surface area (Å²) in [7, 11) is 0. The van der Waals surface area contributed by atoms with Crippen molar-refractivity contribution < 1.29 is 0 Å². The van der Waals surface area contributed by atoms with Gasteiger partial charge in [0.15, 0.2) is 0 Å². The van der Waals surface area contributed by atoms with Crippen LogP contribution in [0.4, 0.5) is 0 Å². The molecule has 6 aromatic rings. The van der Waals surface area contributed by atoms with Gasteiger partial charge in [-0.3, -0.25) is 15.0 Å². The molecule has 0 unspecified atom stereocenters. The Morgan fingerprint density at radius 1 is 0.389 bits per heavy atom. The second-order valence-corrected chi connectivity index (χ2v) is 10.2. The second kappa shape index (κ2) is 8.83. The van der Waals surface area contributed by atoms with E-state index in [4.69, 9.17) is 15.0 Å². The standard InChI is InChI=1S/C33H27N3/c1-4-10-25-19-34-31(16-22(25)7-1)28-13-29(32-17-23-8-2-5-11-26(23)20-35-32)15-30(14-28)33-18-24-9-3-6-12-27(24)21-36-33/h1-12,16-21,28-30H,13-15H2. The summed E-state index contributed by atoms with van der Waals surface area (Å²) in [6.07, 6.45) is 9.27. The van der Waals surface area contributed by atoms with E-state index in [1.165, 1.54) is 49.4 Å². The average Bonchev–Trinajstić information content (AvgIpc) is 2.96. The maximum Gasteiger partial charge on any atom is 0.0441 e. The van der Waals surface area contributed by atoms with E-state index in [1.807, 2.05) is 18.6 Å². The molecule has 0 bridgehead atoms. The van der Waals surface area contributed by atoms with Crippen LogP contribution in [0.5, 0.6) is 0 Å². The molecule has 0 radical (unpaired) electrons. The smallest absolute Gasteiger partial charge is 0.0441 e. The monoisotopic (exact) mass is 465 g/mol. The molecule has 0 aliphatic heterocycles. The van der Waals surface area contributed by atoms with Crippen molar-refractivity contribution in [2.75, 3.05) is 0 Å². The predicted octanol–water partition coefficient (Wildman–Crippen LogP) is 8.17. The third-order valence-corrected chi connectivity index (χ3v) is 7.92. The number of aromatic nitrogens is 3. The highest BCUT2D eigenvalue weighted by Crippen LogP contribution is 2.47. The molecule has 174 valence electrons. The van der Waals surface area contributed by atoms with Crippen molar-refractivity contribution in [3.05, 3.63) is 127 Å². The van der Waals surface area contributed by atoms with Crippen LogP contribution < -0.4 is 0 Å². The molecule has 1 aliphatic carbocycles. The maximum absolute atomic E-state index is 4.95. The van der Waals surface area contributed by atoms with Crippen LogP contribution in [0, 0.1) is 0 Å². The summed E-state index contributed by atoms with van der Waals surface area (Å²) >= 11 is 0. The number of fused-ring (bicyclic) bond motifs is 3. The van der Waals surface area contributed by atoms with Crippen molar-refractivity contribution in [2.45, 2.75) is 37.0 Å². The number of pyridine rings is 3. The largest absolute Gasteiger partial charge is 0.260 e. The third-order valence-electron chi connectivity index (χ3n) is 7.92. The summed E-state index contributed by atoms with van der Waals surface area (Å²) in [5.41, 5.74) is 3.56. The fourth-order valence-electron chi connectivity index (χ4n) is 6.02. The van der Waals surface area contributed by atoms with E-state index in [-0.39, 0.29) is 0 Å². The second-order valence-electron chi connectivity index (χ2n) is 10.2. The van der Waals surface area contributed by atoms with Crippen molar-refractivity contribution in [1.29, 1.82) is 0 Å². The Bertz CT molecular complexity index is 1500. The molecule has 0 saturated heterocycles. The molecule has 0 N–H and O–H groups in total. The Balaban J connectivity index is 1.30. The van der Waals surface area contributed by atoms with Crippen LogP contribution in [0.2, 0.25) is 0 Å². The summed E-state index contributed by atoms with van der Waals surface area (Å²) in [5.74, 6) is 1.08. The summed E-state index contributed by atoms with van der Waals surface area (Å²) in [4.78, 5) is 14.8. The summed E-state index contributed by atoms with van der Waals surface area (Å²) in [6.45, 7) is 0. The van der Waals surface area contributed by atoms with Crippen LogP contribution in [0.1, 0.15) is 54.1 Å². The zero-order valence-corrected chi connectivity index (χ0v) is 20.1. The van der Waals surface area contributed by atoms with Gasteiger partial charge in [0.2, 0.25) is 0 Å². The fraction of sp³-hybridized carbons (Fsp3) is 0.182. The van der Waals surface area contributed by atoms with Gasteiger partial charge in [-0.1, -0.05) is 72.8 Å². The van der Waals surface area contributed by atoms with Crippen molar-refractivity contribution in [2.24, 2.45) is 0 Å². The summed E-state index contributed by atoms with van der Waals surface area (Å²) < 4.78 is 0. The van der Waals surface area contributed by atoms with Crippen LogP contribution in [-0.4, -0.2) is 15.0 Å². The molecule has 36 heavy (non-hydrogen) atoms.